The summed E-state index contributed by atoms with van der Waals surface area (Å²) in [4.78, 5) is 36.2. The van der Waals surface area contributed by atoms with Gasteiger partial charge in [-0.1, -0.05) is 5.16 Å². The molecule has 0 radical (unpaired) electrons. The smallest absolute Gasteiger partial charge is 0.363 e. The summed E-state index contributed by atoms with van der Waals surface area (Å²) in [5.74, 6) is -2.31. The van der Waals surface area contributed by atoms with Crippen molar-refractivity contribution in [1.82, 2.24) is 0 Å². The highest BCUT2D eigenvalue weighted by Gasteiger charge is 2.18. The molecular formula is C7H10N2O5. The first-order chi connectivity index (χ1) is 6.49. The van der Waals surface area contributed by atoms with Crippen molar-refractivity contribution in [3.63, 3.8) is 0 Å². The molecule has 2 N–H and O–H groups in total. The number of nitrogens with two attached hydrogens (primary N) is 1. The van der Waals surface area contributed by atoms with Crippen LogP contribution in [-0.2, 0) is 24.0 Å². The van der Waals surface area contributed by atoms with E-state index in [1.54, 1.807) is 0 Å². The summed E-state index contributed by atoms with van der Waals surface area (Å²) in [7, 11) is 1.09. The van der Waals surface area contributed by atoms with E-state index in [1.165, 1.54) is 0 Å². The highest BCUT2D eigenvalue weighted by atomic mass is 16.6. The Morgan fingerprint density at radius 1 is 1.36 bits per heavy atom. The molecule has 0 fully saturated rings. The largest absolute Gasteiger partial charge is 0.464 e. The Morgan fingerprint density at radius 3 is 2.29 bits per heavy atom. The molecular weight excluding hydrogens is 192 g/mol. The average Bonchev–Trinajstić information content (AvgIpc) is 2.10. The molecule has 0 rings (SSSR count). The van der Waals surface area contributed by atoms with E-state index in [9.17, 15) is 14.4 Å². The van der Waals surface area contributed by atoms with Gasteiger partial charge in [0.25, 0.3) is 5.91 Å². The summed E-state index contributed by atoms with van der Waals surface area (Å²) in [6.45, 7) is 0.608. The fourth-order valence-corrected chi connectivity index (χ4v) is 0.502. The van der Waals surface area contributed by atoms with E-state index in [0.717, 1.165) is 14.0 Å². The maximum absolute atomic E-state index is 10.9. The van der Waals surface area contributed by atoms with Crippen molar-refractivity contribution in [3.8, 4) is 0 Å². The van der Waals surface area contributed by atoms with Gasteiger partial charge < -0.3 is 15.3 Å². The van der Waals surface area contributed by atoms with Crippen LogP contribution in [0.3, 0.4) is 0 Å². The van der Waals surface area contributed by atoms with Crippen molar-refractivity contribution in [1.29, 1.82) is 0 Å². The Morgan fingerprint density at radius 2 is 1.93 bits per heavy atom. The number of Topliss-reactive ketones (excluding diaryl/α,β-unsaturated/α-hetero) is 1. The number of hydrogen-bond acceptors (Lipinski definition) is 6. The molecule has 78 valence electrons. The number of hydrogen-bond donors (Lipinski definition) is 1. The van der Waals surface area contributed by atoms with Crippen LogP contribution in [0.15, 0.2) is 5.16 Å². The average molecular weight is 202 g/mol. The van der Waals surface area contributed by atoms with E-state index in [2.05, 4.69) is 14.7 Å². The Kier molecular flexibility index (Phi) is 4.90. The highest BCUT2D eigenvalue weighted by molar-refractivity contribution is 6.63. The van der Waals surface area contributed by atoms with Crippen LogP contribution in [-0.4, -0.2) is 37.1 Å². The molecule has 0 heterocycles. The number of amides is 1. The predicted molar refractivity (Wildman–Crippen MR) is 45.3 cm³/mol. The van der Waals surface area contributed by atoms with E-state index >= 15 is 0 Å². The topological polar surface area (TPSA) is 108 Å². The molecule has 0 aliphatic heterocycles. The summed E-state index contributed by atoms with van der Waals surface area (Å²) in [6, 6.07) is 0. The number of esters is 1. The van der Waals surface area contributed by atoms with Crippen LogP contribution in [0.5, 0.6) is 0 Å². The zero-order chi connectivity index (χ0) is 11.1. The number of ketones is 1. The van der Waals surface area contributed by atoms with Crippen molar-refractivity contribution in [2.45, 2.75) is 6.92 Å². The monoisotopic (exact) mass is 202 g/mol. The van der Waals surface area contributed by atoms with Crippen molar-refractivity contribution >= 4 is 23.4 Å². The zero-order valence-electron chi connectivity index (χ0n) is 7.77. The molecule has 0 unspecified atom stereocenters. The minimum atomic E-state index is -0.929. The van der Waals surface area contributed by atoms with Crippen molar-refractivity contribution < 1.29 is 24.0 Å². The number of carbonyl (C=O) groups excluding carboxylic acids is 3. The van der Waals surface area contributed by atoms with Crippen LogP contribution in [0, 0.1) is 0 Å². The van der Waals surface area contributed by atoms with Crippen LogP contribution in [0.25, 0.3) is 0 Å². The highest BCUT2D eigenvalue weighted by Crippen LogP contribution is 1.88. The molecule has 0 aliphatic carbocycles. The third kappa shape index (κ3) is 4.19. The number of carbonyl (C=O) groups is 3. The van der Waals surface area contributed by atoms with Crippen LogP contribution in [0.2, 0.25) is 0 Å². The van der Waals surface area contributed by atoms with E-state index < -0.39 is 30.0 Å². The standard InChI is InChI=1S/C7H10N2O5/c1-4(10)6(7(12)13-2)9-14-3-5(8)11/h3H2,1-2H3,(H2,8,11). The molecule has 0 aliphatic rings. The molecule has 0 bridgehead atoms. The molecule has 14 heavy (non-hydrogen) atoms. The summed E-state index contributed by atoms with van der Waals surface area (Å²) in [6.07, 6.45) is 0. The molecule has 0 atom stereocenters. The van der Waals surface area contributed by atoms with Gasteiger partial charge in [0.1, 0.15) is 0 Å². The molecule has 1 amide bonds. The van der Waals surface area contributed by atoms with Gasteiger partial charge in [0, 0.05) is 6.92 Å². The number of rotatable bonds is 5. The van der Waals surface area contributed by atoms with Gasteiger partial charge in [0.2, 0.25) is 5.71 Å². The summed E-state index contributed by atoms with van der Waals surface area (Å²) in [5, 5.41) is 3.13. The summed E-state index contributed by atoms with van der Waals surface area (Å²) < 4.78 is 4.24. The van der Waals surface area contributed by atoms with Crippen LogP contribution in [0.4, 0.5) is 0 Å². The first-order valence-electron chi connectivity index (χ1n) is 3.56. The second-order valence-electron chi connectivity index (χ2n) is 2.23. The number of methoxy groups -OCH3 is 1. The first kappa shape index (κ1) is 12.1. The molecule has 0 saturated heterocycles. The maximum Gasteiger partial charge on any atom is 0.363 e. The Bertz CT molecular complexity index is 284. The predicted octanol–water partition coefficient (Wildman–Crippen LogP) is -1.39. The summed E-state index contributed by atoms with van der Waals surface area (Å²) >= 11 is 0. The number of ether oxygens (including phenoxy) is 1. The van der Waals surface area contributed by atoms with Gasteiger partial charge >= 0.3 is 5.97 Å². The second-order valence-corrected chi connectivity index (χ2v) is 2.23. The quantitative estimate of drug-likeness (QED) is 0.255. The van der Waals surface area contributed by atoms with Gasteiger partial charge in [-0.2, -0.15) is 0 Å². The van der Waals surface area contributed by atoms with E-state index in [0.29, 0.717) is 0 Å². The summed E-state index contributed by atoms with van der Waals surface area (Å²) in [5.41, 5.74) is 4.21. The fourth-order valence-electron chi connectivity index (χ4n) is 0.502. The lowest BCUT2D eigenvalue weighted by molar-refractivity contribution is -0.134. The lowest BCUT2D eigenvalue weighted by Gasteiger charge is -1.99. The number of primary amides is 1. The van der Waals surface area contributed by atoms with Gasteiger partial charge in [0.05, 0.1) is 7.11 Å². The Labute approximate surface area is 79.8 Å². The van der Waals surface area contributed by atoms with Gasteiger partial charge in [-0.05, 0) is 0 Å². The van der Waals surface area contributed by atoms with Crippen molar-refractivity contribution in [2.75, 3.05) is 13.7 Å². The van der Waals surface area contributed by atoms with Crippen LogP contribution >= 0.6 is 0 Å². The van der Waals surface area contributed by atoms with Gasteiger partial charge in [-0.25, -0.2) is 4.79 Å². The maximum atomic E-state index is 10.9. The lowest BCUT2D eigenvalue weighted by atomic mass is 10.3. The molecule has 0 saturated carbocycles. The fraction of sp³-hybridized carbons (Fsp3) is 0.429. The van der Waals surface area contributed by atoms with Crippen molar-refractivity contribution in [3.05, 3.63) is 0 Å². The Balaban J connectivity index is 4.42. The minimum Gasteiger partial charge on any atom is -0.464 e. The van der Waals surface area contributed by atoms with E-state index in [4.69, 9.17) is 5.73 Å². The molecule has 7 heteroatoms. The Hall–Kier alpha value is -1.92. The molecule has 7 nitrogen and oxygen atoms in total. The van der Waals surface area contributed by atoms with Gasteiger partial charge in [-0.15, -0.1) is 0 Å². The third-order valence-electron chi connectivity index (χ3n) is 1.07. The van der Waals surface area contributed by atoms with Crippen LogP contribution in [0.1, 0.15) is 6.92 Å². The number of oxime groups is 1. The molecule has 0 aromatic carbocycles. The van der Waals surface area contributed by atoms with Gasteiger partial charge in [0.15, 0.2) is 12.4 Å². The van der Waals surface area contributed by atoms with E-state index in [1.807, 2.05) is 0 Å². The zero-order valence-corrected chi connectivity index (χ0v) is 7.77. The van der Waals surface area contributed by atoms with Gasteiger partial charge in [-0.3, -0.25) is 9.59 Å². The SMILES string of the molecule is COC(=O)C(=NOCC(N)=O)C(C)=O. The number of nitrogens with zero attached hydrogens (tertiary/aromatic N) is 1. The van der Waals surface area contributed by atoms with E-state index in [-0.39, 0.29) is 0 Å². The third-order valence-corrected chi connectivity index (χ3v) is 1.07. The second kappa shape index (κ2) is 5.68. The molecule has 0 aromatic rings. The lowest BCUT2D eigenvalue weighted by Crippen LogP contribution is -2.24. The molecule has 0 spiro atoms. The molecule has 0 aromatic heterocycles. The van der Waals surface area contributed by atoms with Crippen LogP contribution < -0.4 is 5.73 Å². The normalized spacial score (nSPS) is 10.6. The first-order valence-corrected chi connectivity index (χ1v) is 3.56. The minimum absolute atomic E-state index is 0.506. The van der Waals surface area contributed by atoms with Crippen molar-refractivity contribution in [2.24, 2.45) is 10.9 Å².